The number of thioether (sulfide) groups is 1. The maximum Gasteiger partial charge on any atom is 0.229 e. The van der Waals surface area contributed by atoms with E-state index >= 15 is 0 Å². The van der Waals surface area contributed by atoms with E-state index in [1.165, 1.54) is 23.9 Å². The lowest BCUT2D eigenvalue weighted by Crippen LogP contribution is -2.14. The summed E-state index contributed by atoms with van der Waals surface area (Å²) in [6.07, 6.45) is 2.69. The molecule has 0 saturated carbocycles. The van der Waals surface area contributed by atoms with Gasteiger partial charge in [0.15, 0.2) is 16.6 Å². The normalized spacial score (nSPS) is 12.9. The maximum atomic E-state index is 12.7. The van der Waals surface area contributed by atoms with Crippen molar-refractivity contribution in [2.24, 2.45) is 0 Å². The summed E-state index contributed by atoms with van der Waals surface area (Å²) >= 11 is 13.3. The molecule has 1 aromatic carbocycles. The van der Waals surface area contributed by atoms with Gasteiger partial charge >= 0.3 is 0 Å². The van der Waals surface area contributed by atoms with Crippen molar-refractivity contribution in [2.75, 3.05) is 11.0 Å². The van der Waals surface area contributed by atoms with Gasteiger partial charge < -0.3 is 0 Å². The Kier molecular flexibility index (Phi) is 5.66. The molecule has 0 amide bonds. The number of sulfonamides is 1. The minimum Gasteiger partial charge on any atom is -0.293 e. The summed E-state index contributed by atoms with van der Waals surface area (Å²) in [5, 5.41) is 8.93. The van der Waals surface area contributed by atoms with Crippen molar-refractivity contribution >= 4 is 62.1 Å². The van der Waals surface area contributed by atoms with Gasteiger partial charge in [0.05, 0.1) is 21.6 Å². The molecule has 3 aromatic rings. The number of halogens is 2. The molecule has 142 valence electrons. The van der Waals surface area contributed by atoms with Crippen molar-refractivity contribution in [3.05, 3.63) is 52.1 Å². The van der Waals surface area contributed by atoms with Crippen LogP contribution in [0, 0.1) is 0 Å². The molecule has 1 atom stereocenters. The fourth-order valence-corrected chi connectivity index (χ4v) is 4.32. The van der Waals surface area contributed by atoms with Gasteiger partial charge in [0.2, 0.25) is 10.0 Å². The highest BCUT2D eigenvalue weighted by Crippen LogP contribution is 2.29. The zero-order valence-corrected chi connectivity index (χ0v) is 17.3. The zero-order valence-electron chi connectivity index (χ0n) is 14.2. The van der Waals surface area contributed by atoms with Gasteiger partial charge in [0, 0.05) is 17.4 Å². The third kappa shape index (κ3) is 4.73. The van der Waals surface area contributed by atoms with Crippen LogP contribution in [0.4, 0.5) is 5.69 Å². The number of hydrogen-bond donors (Lipinski definition) is 1. The Balaban J connectivity index is 1.78. The summed E-state index contributed by atoms with van der Waals surface area (Å²) in [5.74, 6) is -0.129. The molecule has 1 N–H and O–H groups in total. The van der Waals surface area contributed by atoms with Crippen LogP contribution in [0.1, 0.15) is 17.3 Å². The monoisotopic (exact) mass is 444 g/mol. The smallest absolute Gasteiger partial charge is 0.229 e. The van der Waals surface area contributed by atoms with E-state index in [1.54, 1.807) is 35.7 Å². The maximum absolute atomic E-state index is 12.7. The van der Waals surface area contributed by atoms with E-state index < -0.39 is 15.3 Å². The van der Waals surface area contributed by atoms with Crippen LogP contribution in [-0.4, -0.2) is 40.3 Å². The van der Waals surface area contributed by atoms with E-state index in [2.05, 4.69) is 14.9 Å². The average molecular weight is 445 g/mol. The third-order valence-corrected chi connectivity index (χ3v) is 5.67. The number of rotatable bonds is 6. The number of pyridine rings is 1. The molecule has 0 unspecified atom stereocenters. The van der Waals surface area contributed by atoms with Crippen LogP contribution in [0.25, 0.3) is 5.65 Å². The van der Waals surface area contributed by atoms with Crippen molar-refractivity contribution in [2.45, 2.75) is 17.3 Å². The van der Waals surface area contributed by atoms with E-state index in [0.29, 0.717) is 32.1 Å². The Hall–Kier alpha value is -1.81. The highest BCUT2D eigenvalue weighted by atomic mass is 35.5. The van der Waals surface area contributed by atoms with Gasteiger partial charge in [0.25, 0.3) is 0 Å². The first kappa shape index (κ1) is 19.9. The molecule has 11 heteroatoms. The minimum absolute atomic E-state index is 0.129. The number of nitrogens with one attached hydrogen (secondary N) is 1. The van der Waals surface area contributed by atoms with Crippen molar-refractivity contribution in [1.82, 2.24) is 14.6 Å². The summed E-state index contributed by atoms with van der Waals surface area (Å²) in [6.45, 7) is 1.75. The van der Waals surface area contributed by atoms with Crippen LogP contribution >= 0.6 is 35.0 Å². The second-order valence-electron chi connectivity index (χ2n) is 5.76. The summed E-state index contributed by atoms with van der Waals surface area (Å²) in [5.41, 5.74) is 1.31. The van der Waals surface area contributed by atoms with Gasteiger partial charge in [-0.25, -0.2) is 8.42 Å². The van der Waals surface area contributed by atoms with Gasteiger partial charge in [-0.15, -0.1) is 10.2 Å². The third-order valence-electron chi connectivity index (χ3n) is 3.52. The van der Waals surface area contributed by atoms with Crippen LogP contribution in [0.5, 0.6) is 0 Å². The Bertz CT molecular complexity index is 1110. The van der Waals surface area contributed by atoms with E-state index in [0.717, 1.165) is 6.26 Å². The number of anilines is 1. The van der Waals surface area contributed by atoms with Crippen molar-refractivity contribution in [3.8, 4) is 0 Å². The number of nitrogens with zero attached hydrogens (tertiary/aromatic N) is 3. The molecule has 7 nitrogen and oxygen atoms in total. The fourth-order valence-electron chi connectivity index (χ4n) is 2.35. The topological polar surface area (TPSA) is 93.4 Å². The quantitative estimate of drug-likeness (QED) is 0.459. The minimum atomic E-state index is -3.37. The van der Waals surface area contributed by atoms with Gasteiger partial charge in [-0.05, 0) is 37.3 Å². The molecule has 0 aliphatic heterocycles. The number of ketones is 1. The Morgan fingerprint density at radius 1 is 1.22 bits per heavy atom. The number of aromatic nitrogens is 3. The van der Waals surface area contributed by atoms with Crippen LogP contribution in [0.2, 0.25) is 10.0 Å². The van der Waals surface area contributed by atoms with E-state index in [-0.39, 0.29) is 5.78 Å². The predicted octanol–water partition coefficient (Wildman–Crippen LogP) is 3.77. The summed E-state index contributed by atoms with van der Waals surface area (Å²) in [7, 11) is -3.37. The van der Waals surface area contributed by atoms with Crippen molar-refractivity contribution < 1.29 is 13.2 Å². The molecule has 0 aliphatic rings. The number of hydrogen-bond acceptors (Lipinski definition) is 6. The lowest BCUT2D eigenvalue weighted by molar-refractivity contribution is 0.0994. The Labute approximate surface area is 170 Å². The standard InChI is InChI=1S/C16H14Cl2N4O3S2/c1-9(14(23)10-3-5-12(6-4-10)21-27(2,24)25)26-16-20-19-15-13(18)7-11(17)8-22(15)16/h3-9,21H,1-2H3/t9-/m0/s1. The lowest BCUT2D eigenvalue weighted by Gasteiger charge is -2.10. The predicted molar refractivity (Wildman–Crippen MR) is 108 cm³/mol. The molecular formula is C16H14Cl2N4O3S2. The first-order valence-corrected chi connectivity index (χ1v) is 11.2. The molecule has 0 fully saturated rings. The van der Waals surface area contributed by atoms with Crippen LogP contribution in [-0.2, 0) is 10.0 Å². The van der Waals surface area contributed by atoms with Crippen LogP contribution in [0.15, 0.2) is 41.7 Å². The van der Waals surface area contributed by atoms with E-state index in [4.69, 9.17) is 23.2 Å². The molecule has 3 rings (SSSR count). The zero-order chi connectivity index (χ0) is 19.8. The Morgan fingerprint density at radius 2 is 1.89 bits per heavy atom. The van der Waals surface area contributed by atoms with Crippen LogP contribution in [0.3, 0.4) is 0 Å². The van der Waals surface area contributed by atoms with Gasteiger partial charge in [0.1, 0.15) is 0 Å². The fraction of sp³-hybridized carbons (Fsp3) is 0.188. The van der Waals surface area contributed by atoms with Crippen molar-refractivity contribution in [3.63, 3.8) is 0 Å². The first-order chi connectivity index (χ1) is 12.6. The van der Waals surface area contributed by atoms with Gasteiger partial charge in [-0.1, -0.05) is 35.0 Å². The molecule has 2 aromatic heterocycles. The number of Topliss-reactive ketones (excluding diaryl/α,β-unsaturated/α-hetero) is 1. The number of carbonyl (C=O) groups excluding carboxylic acids is 1. The molecule has 0 radical (unpaired) electrons. The van der Waals surface area contributed by atoms with E-state index in [9.17, 15) is 13.2 Å². The number of fused-ring (bicyclic) bond motifs is 1. The number of carbonyl (C=O) groups is 1. The Morgan fingerprint density at radius 3 is 2.52 bits per heavy atom. The molecular weight excluding hydrogens is 431 g/mol. The summed E-state index contributed by atoms with van der Waals surface area (Å²) in [6, 6.07) is 7.79. The average Bonchev–Trinajstić information content (AvgIpc) is 2.96. The highest BCUT2D eigenvalue weighted by Gasteiger charge is 2.20. The molecule has 27 heavy (non-hydrogen) atoms. The van der Waals surface area contributed by atoms with Gasteiger partial charge in [-0.3, -0.25) is 13.9 Å². The lowest BCUT2D eigenvalue weighted by atomic mass is 10.1. The second-order valence-corrected chi connectivity index (χ2v) is 9.66. The van der Waals surface area contributed by atoms with Crippen LogP contribution < -0.4 is 4.72 Å². The van der Waals surface area contributed by atoms with Crippen molar-refractivity contribution in [1.29, 1.82) is 0 Å². The molecule has 2 heterocycles. The van der Waals surface area contributed by atoms with Gasteiger partial charge in [-0.2, -0.15) is 0 Å². The van der Waals surface area contributed by atoms with E-state index in [1.807, 2.05) is 0 Å². The molecule has 0 spiro atoms. The summed E-state index contributed by atoms with van der Waals surface area (Å²) in [4.78, 5) is 12.7. The first-order valence-electron chi connectivity index (χ1n) is 7.62. The largest absolute Gasteiger partial charge is 0.293 e. The number of benzene rings is 1. The molecule has 0 bridgehead atoms. The summed E-state index contributed by atoms with van der Waals surface area (Å²) < 4.78 is 26.5. The SMILES string of the molecule is C[C@H](Sc1nnc2c(Cl)cc(Cl)cn12)C(=O)c1ccc(NS(C)(=O)=O)cc1. The second kappa shape index (κ2) is 7.67. The molecule has 0 saturated heterocycles. The molecule has 0 aliphatic carbocycles. The highest BCUT2D eigenvalue weighted by molar-refractivity contribution is 8.00.